The Kier molecular flexibility index (Phi) is 6.11. The van der Waals surface area contributed by atoms with Crippen molar-refractivity contribution < 1.29 is 13.2 Å². The highest BCUT2D eigenvalue weighted by atomic mass is 19.2. The molecule has 0 aliphatic carbocycles. The molecule has 0 aliphatic rings. The van der Waals surface area contributed by atoms with E-state index in [1.807, 2.05) is 0 Å². The number of hydrogen-bond acceptors (Lipinski definition) is 0. The van der Waals surface area contributed by atoms with E-state index in [-0.39, 0.29) is 16.7 Å². The molecule has 0 heterocycles. The lowest BCUT2D eigenvalue weighted by Crippen LogP contribution is -2.29. The van der Waals surface area contributed by atoms with E-state index in [4.69, 9.17) is 0 Å². The van der Waals surface area contributed by atoms with Gasteiger partial charge >= 0.3 is 0 Å². The molecular weight excluding hydrogens is 285 g/mol. The molecule has 0 saturated carbocycles. The zero-order valence-corrected chi connectivity index (χ0v) is 14.7. The standard InChI is InChI=1S/C19H29F3/c1-7-18(4,5)14(12-19(6,8-2)9-3)13-10-11-15(20)17(22)16(13)21/h10-11,14H,7-9,12H2,1-6H3. The smallest absolute Gasteiger partial charge is 0.194 e. The molecule has 0 spiro atoms. The van der Waals surface area contributed by atoms with Crippen molar-refractivity contribution in [2.24, 2.45) is 10.8 Å². The van der Waals surface area contributed by atoms with Crippen LogP contribution in [0.15, 0.2) is 12.1 Å². The highest BCUT2D eigenvalue weighted by molar-refractivity contribution is 5.26. The molecule has 0 N–H and O–H groups in total. The van der Waals surface area contributed by atoms with Crippen LogP contribution in [0.1, 0.15) is 78.7 Å². The fourth-order valence-electron chi connectivity index (χ4n) is 2.90. The molecule has 3 heteroatoms. The summed E-state index contributed by atoms with van der Waals surface area (Å²) < 4.78 is 41.3. The molecule has 0 aromatic heterocycles. The van der Waals surface area contributed by atoms with Gasteiger partial charge < -0.3 is 0 Å². The Bertz CT molecular complexity index is 502. The minimum Gasteiger partial charge on any atom is -0.204 e. The summed E-state index contributed by atoms with van der Waals surface area (Å²) in [5.41, 5.74) is 0.185. The molecule has 0 radical (unpaired) electrons. The van der Waals surface area contributed by atoms with Gasteiger partial charge in [-0.25, -0.2) is 13.2 Å². The van der Waals surface area contributed by atoms with Crippen molar-refractivity contribution in [1.29, 1.82) is 0 Å². The van der Waals surface area contributed by atoms with Gasteiger partial charge in [-0.1, -0.05) is 66.9 Å². The van der Waals surface area contributed by atoms with Crippen molar-refractivity contribution in [2.45, 2.75) is 73.1 Å². The predicted molar refractivity (Wildman–Crippen MR) is 86.4 cm³/mol. The van der Waals surface area contributed by atoms with Crippen LogP contribution in [0.5, 0.6) is 0 Å². The van der Waals surface area contributed by atoms with Gasteiger partial charge in [0.2, 0.25) is 0 Å². The Labute approximate surface area is 133 Å². The largest absolute Gasteiger partial charge is 0.204 e. The maximum Gasteiger partial charge on any atom is 0.194 e. The van der Waals surface area contributed by atoms with Gasteiger partial charge in [-0.05, 0) is 34.8 Å². The molecule has 1 rings (SSSR count). The van der Waals surface area contributed by atoms with Crippen LogP contribution in [0.2, 0.25) is 0 Å². The molecule has 0 amide bonds. The zero-order chi connectivity index (χ0) is 17.1. The first kappa shape index (κ1) is 19.1. The van der Waals surface area contributed by atoms with Crippen molar-refractivity contribution in [3.63, 3.8) is 0 Å². The van der Waals surface area contributed by atoms with Crippen LogP contribution in [0.25, 0.3) is 0 Å². The molecule has 0 fully saturated rings. The van der Waals surface area contributed by atoms with Crippen LogP contribution >= 0.6 is 0 Å². The summed E-state index contributed by atoms with van der Waals surface area (Å²) in [5.74, 6) is -3.65. The van der Waals surface area contributed by atoms with Crippen molar-refractivity contribution in [3.05, 3.63) is 35.1 Å². The van der Waals surface area contributed by atoms with Crippen LogP contribution in [0, 0.1) is 28.3 Å². The maximum atomic E-state index is 14.3. The Hall–Kier alpha value is -0.990. The summed E-state index contributed by atoms with van der Waals surface area (Å²) in [6.45, 7) is 12.6. The quantitative estimate of drug-likeness (QED) is 0.483. The van der Waals surface area contributed by atoms with Crippen LogP contribution in [0.4, 0.5) is 13.2 Å². The fourth-order valence-corrected chi connectivity index (χ4v) is 2.90. The molecule has 0 bridgehead atoms. The second-order valence-electron chi connectivity index (χ2n) is 7.38. The minimum atomic E-state index is -1.36. The molecule has 22 heavy (non-hydrogen) atoms. The first-order chi connectivity index (χ1) is 10.1. The Balaban J connectivity index is 3.37. The van der Waals surface area contributed by atoms with Gasteiger partial charge in [0.05, 0.1) is 0 Å². The van der Waals surface area contributed by atoms with E-state index in [0.717, 1.165) is 31.7 Å². The van der Waals surface area contributed by atoms with Crippen LogP contribution < -0.4 is 0 Å². The summed E-state index contributed by atoms with van der Waals surface area (Å²) >= 11 is 0. The average molecular weight is 314 g/mol. The first-order valence-corrected chi connectivity index (χ1v) is 8.25. The van der Waals surface area contributed by atoms with Gasteiger partial charge in [-0.3, -0.25) is 0 Å². The highest BCUT2D eigenvalue weighted by Crippen LogP contribution is 2.48. The van der Waals surface area contributed by atoms with Crippen LogP contribution in [-0.4, -0.2) is 0 Å². The second-order valence-corrected chi connectivity index (χ2v) is 7.38. The molecule has 0 saturated heterocycles. The van der Waals surface area contributed by atoms with Crippen molar-refractivity contribution in [2.75, 3.05) is 0 Å². The molecule has 1 atom stereocenters. The fraction of sp³-hybridized carbons (Fsp3) is 0.684. The molecule has 1 aromatic carbocycles. The van der Waals surface area contributed by atoms with Crippen molar-refractivity contribution in [3.8, 4) is 0 Å². The molecule has 126 valence electrons. The van der Waals surface area contributed by atoms with E-state index >= 15 is 0 Å². The second kappa shape index (κ2) is 7.06. The molecule has 0 aliphatic heterocycles. The van der Waals surface area contributed by atoms with Gasteiger partial charge in [-0.15, -0.1) is 0 Å². The van der Waals surface area contributed by atoms with Crippen molar-refractivity contribution in [1.82, 2.24) is 0 Å². The summed E-state index contributed by atoms with van der Waals surface area (Å²) in [6, 6.07) is 2.46. The zero-order valence-electron chi connectivity index (χ0n) is 14.7. The average Bonchev–Trinajstić information content (AvgIpc) is 2.50. The van der Waals surface area contributed by atoms with E-state index in [0.29, 0.717) is 5.56 Å². The lowest BCUT2D eigenvalue weighted by atomic mass is 9.64. The number of halogens is 3. The summed E-state index contributed by atoms with van der Waals surface area (Å²) in [6.07, 6.45) is 3.57. The van der Waals surface area contributed by atoms with E-state index in [1.165, 1.54) is 6.07 Å². The first-order valence-electron chi connectivity index (χ1n) is 8.25. The topological polar surface area (TPSA) is 0 Å². The third-order valence-corrected chi connectivity index (χ3v) is 5.70. The van der Waals surface area contributed by atoms with E-state index in [9.17, 15) is 13.2 Å². The van der Waals surface area contributed by atoms with Gasteiger partial charge in [-0.2, -0.15) is 0 Å². The Morgan fingerprint density at radius 3 is 1.86 bits per heavy atom. The summed E-state index contributed by atoms with van der Waals surface area (Å²) in [4.78, 5) is 0. The van der Waals surface area contributed by atoms with Crippen LogP contribution in [0.3, 0.4) is 0 Å². The van der Waals surface area contributed by atoms with E-state index in [2.05, 4.69) is 41.5 Å². The third kappa shape index (κ3) is 3.85. The lowest BCUT2D eigenvalue weighted by Gasteiger charge is -2.40. The van der Waals surface area contributed by atoms with Gasteiger partial charge in [0.15, 0.2) is 17.5 Å². The number of benzene rings is 1. The molecular formula is C19H29F3. The third-order valence-electron chi connectivity index (χ3n) is 5.70. The monoisotopic (exact) mass is 314 g/mol. The lowest BCUT2D eigenvalue weighted by molar-refractivity contribution is 0.165. The van der Waals surface area contributed by atoms with Gasteiger partial charge in [0, 0.05) is 0 Å². The SMILES string of the molecule is CCC(C)(CC)CC(c1ccc(F)c(F)c1F)C(C)(C)CC. The number of rotatable bonds is 7. The van der Waals surface area contributed by atoms with Crippen LogP contribution in [-0.2, 0) is 0 Å². The Morgan fingerprint density at radius 2 is 1.41 bits per heavy atom. The summed E-state index contributed by atoms with van der Waals surface area (Å²) in [7, 11) is 0. The molecule has 0 nitrogen and oxygen atoms in total. The summed E-state index contributed by atoms with van der Waals surface area (Å²) in [5, 5.41) is 0. The van der Waals surface area contributed by atoms with Gasteiger partial charge in [0.1, 0.15) is 0 Å². The van der Waals surface area contributed by atoms with Crippen molar-refractivity contribution >= 4 is 0 Å². The maximum absolute atomic E-state index is 14.3. The molecule has 1 unspecified atom stereocenters. The highest BCUT2D eigenvalue weighted by Gasteiger charge is 2.37. The molecule has 1 aromatic rings. The number of hydrogen-bond donors (Lipinski definition) is 0. The Morgan fingerprint density at radius 1 is 0.864 bits per heavy atom. The van der Waals surface area contributed by atoms with E-state index < -0.39 is 17.5 Å². The normalized spacial score (nSPS) is 14.2. The predicted octanol–water partition coefficient (Wildman–Crippen LogP) is 6.84. The van der Waals surface area contributed by atoms with Gasteiger partial charge in [0.25, 0.3) is 0 Å². The minimum absolute atomic E-state index is 0.0639. The van der Waals surface area contributed by atoms with E-state index in [1.54, 1.807) is 0 Å².